The predicted octanol–water partition coefficient (Wildman–Crippen LogP) is 2.06. The van der Waals surface area contributed by atoms with Gasteiger partial charge in [-0.25, -0.2) is 9.50 Å². The summed E-state index contributed by atoms with van der Waals surface area (Å²) in [5.74, 6) is 1.85. The van der Waals surface area contributed by atoms with E-state index in [2.05, 4.69) is 15.0 Å². The molecule has 1 N–H and O–H groups in total. The molecule has 7 heteroatoms. The summed E-state index contributed by atoms with van der Waals surface area (Å²) in [6.45, 7) is 4.55. The Bertz CT molecular complexity index is 1020. The fourth-order valence-corrected chi connectivity index (χ4v) is 6.40. The first-order valence-electron chi connectivity index (χ1n) is 11.2. The summed E-state index contributed by atoms with van der Waals surface area (Å²) in [6.07, 6.45) is 9.46. The van der Waals surface area contributed by atoms with Crippen LogP contribution in [-0.2, 0) is 0 Å². The monoisotopic (exact) mass is 395 g/mol. The van der Waals surface area contributed by atoms with Crippen molar-refractivity contribution in [1.82, 2.24) is 24.4 Å². The number of hydrogen-bond acceptors (Lipinski definition) is 4. The highest BCUT2D eigenvalue weighted by molar-refractivity contribution is 5.93. The van der Waals surface area contributed by atoms with E-state index in [9.17, 15) is 9.59 Å². The van der Waals surface area contributed by atoms with Gasteiger partial charge >= 0.3 is 0 Å². The first-order chi connectivity index (χ1) is 14.1. The predicted molar refractivity (Wildman–Crippen MR) is 109 cm³/mol. The topological polar surface area (TPSA) is 73.7 Å². The molecule has 1 amide bonds. The van der Waals surface area contributed by atoms with Crippen molar-refractivity contribution in [3.63, 3.8) is 0 Å². The van der Waals surface area contributed by atoms with E-state index >= 15 is 0 Å². The Balaban J connectivity index is 1.26. The van der Waals surface area contributed by atoms with Crippen LogP contribution in [0.25, 0.3) is 5.65 Å². The van der Waals surface area contributed by atoms with Gasteiger partial charge in [-0.3, -0.25) is 19.6 Å². The Morgan fingerprint density at radius 1 is 1.10 bits per heavy atom. The molecule has 6 rings (SSSR count). The quantitative estimate of drug-likeness (QED) is 0.845. The molecule has 0 radical (unpaired) electrons. The van der Waals surface area contributed by atoms with Gasteiger partial charge in [-0.1, -0.05) is 6.42 Å². The summed E-state index contributed by atoms with van der Waals surface area (Å²) < 4.78 is 1.39. The summed E-state index contributed by atoms with van der Waals surface area (Å²) in [5, 5.41) is 2.99. The van der Waals surface area contributed by atoms with E-state index in [1.165, 1.54) is 49.2 Å². The third-order valence-corrected chi connectivity index (χ3v) is 7.74. The van der Waals surface area contributed by atoms with Crippen molar-refractivity contribution in [1.29, 1.82) is 0 Å². The fraction of sp³-hybridized carbons (Fsp3) is 0.682. The number of rotatable bonds is 2. The van der Waals surface area contributed by atoms with Gasteiger partial charge in [0.15, 0.2) is 5.65 Å². The smallest absolute Gasteiger partial charge is 0.285 e. The SMILES string of the molecule is Cc1cc2ncc(C(=O)N3C[C@@H]4C[C@H](C3)[C@@H]3CCC[C@H](C5CC5)N3C4)c(=O)n2[nH]1. The van der Waals surface area contributed by atoms with Gasteiger partial charge in [0.25, 0.3) is 11.5 Å². The van der Waals surface area contributed by atoms with Crippen LogP contribution in [0.4, 0.5) is 0 Å². The zero-order valence-electron chi connectivity index (χ0n) is 17.0. The lowest BCUT2D eigenvalue weighted by Gasteiger charge is -2.55. The van der Waals surface area contributed by atoms with Crippen LogP contribution in [-0.4, -0.2) is 62.0 Å². The molecule has 1 saturated carbocycles. The number of piperidine rings is 3. The highest BCUT2D eigenvalue weighted by atomic mass is 16.2. The van der Waals surface area contributed by atoms with Crippen LogP contribution in [0.3, 0.4) is 0 Å². The minimum atomic E-state index is -0.295. The molecule has 1 aliphatic carbocycles. The zero-order valence-corrected chi connectivity index (χ0v) is 17.0. The first kappa shape index (κ1) is 17.7. The van der Waals surface area contributed by atoms with Crippen molar-refractivity contribution in [2.24, 2.45) is 17.8 Å². The molecule has 2 aromatic heterocycles. The zero-order chi connectivity index (χ0) is 19.7. The standard InChI is InChI=1S/C22H29N5O2/c1-13-7-20-23-9-17(22(29)27(20)24-13)21(28)25-10-14-8-16(12-25)19-4-2-3-18(15-5-6-15)26(19)11-14/h7,9,14-16,18-19,24H,2-6,8,10-12H2,1H3/t14-,16+,18+,19-/m0/s1. The lowest BCUT2D eigenvalue weighted by atomic mass is 9.74. The minimum Gasteiger partial charge on any atom is -0.338 e. The number of fused-ring (bicyclic) bond motifs is 5. The number of aromatic nitrogens is 3. The fourth-order valence-electron chi connectivity index (χ4n) is 6.40. The van der Waals surface area contributed by atoms with E-state index in [0.29, 0.717) is 23.5 Å². The number of hydrogen-bond donors (Lipinski definition) is 1. The van der Waals surface area contributed by atoms with Crippen molar-refractivity contribution in [2.75, 3.05) is 19.6 Å². The number of H-pyrrole nitrogens is 1. The number of nitrogens with zero attached hydrogens (tertiary/aromatic N) is 4. The average Bonchev–Trinajstić information content (AvgIpc) is 3.48. The van der Waals surface area contributed by atoms with Gasteiger partial charge in [-0.05, 0) is 56.8 Å². The van der Waals surface area contributed by atoms with Crippen molar-refractivity contribution in [2.45, 2.75) is 57.5 Å². The lowest BCUT2D eigenvalue weighted by Crippen LogP contribution is -2.62. The molecule has 0 spiro atoms. The van der Waals surface area contributed by atoms with Gasteiger partial charge < -0.3 is 4.90 Å². The molecule has 3 saturated heterocycles. The molecule has 3 aliphatic heterocycles. The molecular formula is C22H29N5O2. The van der Waals surface area contributed by atoms with Crippen LogP contribution < -0.4 is 5.56 Å². The first-order valence-corrected chi connectivity index (χ1v) is 11.2. The number of carbonyl (C=O) groups is 1. The lowest BCUT2D eigenvalue weighted by molar-refractivity contribution is -0.0551. The summed E-state index contributed by atoms with van der Waals surface area (Å²) in [4.78, 5) is 35.2. The Labute approximate surface area is 170 Å². The molecule has 5 heterocycles. The van der Waals surface area contributed by atoms with E-state index in [-0.39, 0.29) is 17.0 Å². The van der Waals surface area contributed by atoms with Gasteiger partial charge in [-0.2, -0.15) is 0 Å². The van der Waals surface area contributed by atoms with Crippen LogP contribution in [0.1, 0.15) is 54.6 Å². The molecule has 4 atom stereocenters. The van der Waals surface area contributed by atoms with Gasteiger partial charge in [-0.15, -0.1) is 0 Å². The van der Waals surface area contributed by atoms with E-state index < -0.39 is 0 Å². The molecule has 154 valence electrons. The molecule has 4 fully saturated rings. The minimum absolute atomic E-state index is 0.151. The molecule has 7 nitrogen and oxygen atoms in total. The maximum absolute atomic E-state index is 13.3. The largest absolute Gasteiger partial charge is 0.338 e. The second-order valence-electron chi connectivity index (χ2n) is 9.78. The van der Waals surface area contributed by atoms with Gasteiger partial charge in [0.05, 0.1) is 0 Å². The van der Waals surface area contributed by atoms with E-state index in [1.807, 2.05) is 17.9 Å². The summed E-state index contributed by atoms with van der Waals surface area (Å²) in [7, 11) is 0. The summed E-state index contributed by atoms with van der Waals surface area (Å²) in [6, 6.07) is 3.22. The number of amides is 1. The highest BCUT2D eigenvalue weighted by Crippen LogP contribution is 2.46. The van der Waals surface area contributed by atoms with E-state index in [1.54, 1.807) is 0 Å². The maximum atomic E-state index is 13.3. The molecule has 0 aromatic carbocycles. The number of nitrogens with one attached hydrogen (secondary N) is 1. The number of aromatic amines is 1. The Kier molecular flexibility index (Phi) is 3.92. The summed E-state index contributed by atoms with van der Waals surface area (Å²) >= 11 is 0. The molecule has 29 heavy (non-hydrogen) atoms. The second-order valence-corrected chi connectivity index (χ2v) is 9.78. The Hall–Kier alpha value is -2.15. The molecule has 4 aliphatic rings. The third kappa shape index (κ3) is 2.85. The van der Waals surface area contributed by atoms with Gasteiger partial charge in [0.2, 0.25) is 0 Å². The van der Waals surface area contributed by atoms with Crippen molar-refractivity contribution in [3.8, 4) is 0 Å². The highest BCUT2D eigenvalue weighted by Gasteiger charge is 2.48. The Morgan fingerprint density at radius 3 is 2.69 bits per heavy atom. The van der Waals surface area contributed by atoms with E-state index in [4.69, 9.17) is 0 Å². The van der Waals surface area contributed by atoms with Crippen LogP contribution in [0.5, 0.6) is 0 Å². The van der Waals surface area contributed by atoms with Crippen LogP contribution in [0.2, 0.25) is 0 Å². The second kappa shape index (κ2) is 6.42. The van der Waals surface area contributed by atoms with Crippen LogP contribution in [0, 0.1) is 24.7 Å². The third-order valence-electron chi connectivity index (χ3n) is 7.74. The van der Waals surface area contributed by atoms with Crippen molar-refractivity contribution in [3.05, 3.63) is 33.9 Å². The number of aryl methyl sites for hydroxylation is 1. The summed E-state index contributed by atoms with van der Waals surface area (Å²) in [5.41, 5.74) is 1.30. The molecular weight excluding hydrogens is 366 g/mol. The molecule has 2 bridgehead atoms. The van der Waals surface area contributed by atoms with E-state index in [0.717, 1.165) is 37.3 Å². The number of carbonyl (C=O) groups excluding carboxylic acids is 1. The van der Waals surface area contributed by atoms with Crippen molar-refractivity contribution < 1.29 is 4.79 Å². The molecule has 0 unspecified atom stereocenters. The van der Waals surface area contributed by atoms with Gasteiger partial charge in [0, 0.05) is 49.7 Å². The molecule has 2 aromatic rings. The van der Waals surface area contributed by atoms with Crippen LogP contribution >= 0.6 is 0 Å². The normalized spacial score (nSPS) is 32.4. The van der Waals surface area contributed by atoms with Crippen LogP contribution in [0.15, 0.2) is 17.1 Å². The van der Waals surface area contributed by atoms with Crippen molar-refractivity contribution >= 4 is 11.6 Å². The average molecular weight is 396 g/mol. The van der Waals surface area contributed by atoms with Gasteiger partial charge in [0.1, 0.15) is 5.56 Å². The Morgan fingerprint density at radius 2 is 1.90 bits per heavy atom. The number of likely N-dealkylation sites (tertiary alicyclic amines) is 1. The maximum Gasteiger partial charge on any atom is 0.285 e.